The van der Waals surface area contributed by atoms with Crippen LogP contribution in [0.15, 0.2) is 42.5 Å². The summed E-state index contributed by atoms with van der Waals surface area (Å²) in [6.07, 6.45) is 0. The van der Waals surface area contributed by atoms with Gasteiger partial charge in [0.25, 0.3) is 17.5 Å². The highest BCUT2D eigenvalue weighted by atomic mass is 19.3. The van der Waals surface area contributed by atoms with Gasteiger partial charge in [-0.25, -0.2) is 0 Å². The first kappa shape index (κ1) is 23.7. The van der Waals surface area contributed by atoms with Crippen LogP contribution in [0.2, 0.25) is 0 Å². The first-order valence-electron chi connectivity index (χ1n) is 8.66. The molecular formula is C19H14F2N4O7. The Bertz CT molecular complexity index is 1090. The number of benzene rings is 2. The number of nitro groups is 1. The van der Waals surface area contributed by atoms with Crippen LogP contribution in [0, 0.1) is 21.4 Å². The molecule has 0 fully saturated rings. The van der Waals surface area contributed by atoms with Gasteiger partial charge in [0.1, 0.15) is 18.4 Å². The Morgan fingerprint density at radius 3 is 2.59 bits per heavy atom. The molecule has 2 N–H and O–H groups in total. The van der Waals surface area contributed by atoms with Crippen LogP contribution in [-0.4, -0.2) is 42.5 Å². The van der Waals surface area contributed by atoms with E-state index < -0.39 is 42.5 Å². The predicted octanol–water partition coefficient (Wildman–Crippen LogP) is 1.98. The van der Waals surface area contributed by atoms with E-state index >= 15 is 0 Å². The normalized spacial score (nSPS) is 10.1. The molecular weight excluding hydrogens is 434 g/mol. The van der Waals surface area contributed by atoms with Crippen molar-refractivity contribution in [3.05, 3.63) is 63.7 Å². The third-order valence-electron chi connectivity index (χ3n) is 3.69. The maximum absolute atomic E-state index is 12.2. The fourth-order valence-electron chi connectivity index (χ4n) is 2.30. The van der Waals surface area contributed by atoms with Gasteiger partial charge in [-0.15, -0.1) is 0 Å². The maximum Gasteiger partial charge on any atom is 0.387 e. The Morgan fingerprint density at radius 2 is 1.94 bits per heavy atom. The van der Waals surface area contributed by atoms with Crippen molar-refractivity contribution in [1.82, 2.24) is 5.32 Å². The molecule has 0 aliphatic heterocycles. The van der Waals surface area contributed by atoms with Crippen molar-refractivity contribution in [3.8, 4) is 11.8 Å². The number of carbonyl (C=O) groups excluding carboxylic acids is 3. The Balaban J connectivity index is 1.83. The van der Waals surface area contributed by atoms with Gasteiger partial charge in [0.2, 0.25) is 0 Å². The Hall–Kier alpha value is -4.60. The second kappa shape index (κ2) is 11.0. The van der Waals surface area contributed by atoms with E-state index in [0.29, 0.717) is 0 Å². The number of esters is 1. The molecule has 2 amide bonds. The molecule has 2 aromatic carbocycles. The lowest BCUT2D eigenvalue weighted by atomic mass is 10.1. The van der Waals surface area contributed by atoms with Crippen molar-refractivity contribution in [3.63, 3.8) is 0 Å². The van der Waals surface area contributed by atoms with E-state index in [4.69, 9.17) is 10.00 Å². The quantitative estimate of drug-likeness (QED) is 0.334. The van der Waals surface area contributed by atoms with Crippen LogP contribution in [0.5, 0.6) is 5.75 Å². The van der Waals surface area contributed by atoms with Gasteiger partial charge in [0, 0.05) is 17.7 Å². The van der Waals surface area contributed by atoms with Crippen LogP contribution in [0.3, 0.4) is 0 Å². The topological polar surface area (TPSA) is 161 Å². The highest BCUT2D eigenvalue weighted by Crippen LogP contribution is 2.21. The van der Waals surface area contributed by atoms with Crippen LogP contribution >= 0.6 is 0 Å². The van der Waals surface area contributed by atoms with E-state index in [1.807, 2.05) is 0 Å². The summed E-state index contributed by atoms with van der Waals surface area (Å²) < 4.78 is 33.3. The zero-order valence-electron chi connectivity index (χ0n) is 16.0. The fourth-order valence-corrected chi connectivity index (χ4v) is 2.30. The lowest BCUT2D eigenvalue weighted by Crippen LogP contribution is -2.32. The third kappa shape index (κ3) is 7.02. The molecule has 0 bridgehead atoms. The average Bonchev–Trinajstić information content (AvgIpc) is 2.75. The van der Waals surface area contributed by atoms with Crippen LogP contribution < -0.4 is 15.4 Å². The molecule has 32 heavy (non-hydrogen) atoms. The molecule has 11 nitrogen and oxygen atoms in total. The van der Waals surface area contributed by atoms with Gasteiger partial charge in [-0.1, -0.05) is 6.07 Å². The number of hydrogen-bond acceptors (Lipinski definition) is 8. The lowest BCUT2D eigenvalue weighted by Gasteiger charge is -2.09. The molecule has 0 saturated carbocycles. The molecule has 0 heterocycles. The van der Waals surface area contributed by atoms with Gasteiger partial charge in [-0.2, -0.15) is 14.0 Å². The standard InChI is InChI=1S/C19H14F2N4O7/c20-19(21)32-14-3-1-2-11(7-14)18(28)23-9-17(27)31-10-16(26)24-15-5-4-13(25(29)30)6-12(15)8-22/h1-7,19H,9-10H2,(H,23,28)(H,24,26). The minimum Gasteiger partial charge on any atom is -0.454 e. The molecule has 0 saturated heterocycles. The average molecular weight is 448 g/mol. The van der Waals surface area contributed by atoms with E-state index in [9.17, 15) is 33.3 Å². The number of carbonyl (C=O) groups is 3. The first-order chi connectivity index (χ1) is 15.2. The molecule has 2 aromatic rings. The number of ether oxygens (including phenoxy) is 2. The van der Waals surface area contributed by atoms with Gasteiger partial charge in [0.15, 0.2) is 6.61 Å². The number of hydrogen-bond donors (Lipinski definition) is 2. The van der Waals surface area contributed by atoms with Crippen LogP contribution in [0.1, 0.15) is 15.9 Å². The third-order valence-corrected chi connectivity index (χ3v) is 3.69. The lowest BCUT2D eigenvalue weighted by molar-refractivity contribution is -0.384. The number of anilines is 1. The molecule has 0 aliphatic carbocycles. The number of rotatable bonds is 9. The monoisotopic (exact) mass is 448 g/mol. The zero-order valence-corrected chi connectivity index (χ0v) is 16.0. The summed E-state index contributed by atoms with van der Waals surface area (Å²) in [5, 5.41) is 24.2. The van der Waals surface area contributed by atoms with Gasteiger partial charge in [-0.3, -0.25) is 24.5 Å². The van der Waals surface area contributed by atoms with Crippen molar-refractivity contribution in [2.75, 3.05) is 18.5 Å². The summed E-state index contributed by atoms with van der Waals surface area (Å²) in [5.41, 5.74) is -0.563. The van der Waals surface area contributed by atoms with Gasteiger partial charge in [-0.05, 0) is 24.3 Å². The Labute approximate surface area is 178 Å². The van der Waals surface area contributed by atoms with Crippen molar-refractivity contribution < 1.29 is 37.6 Å². The summed E-state index contributed by atoms with van der Waals surface area (Å²) in [5.74, 6) is -2.81. The maximum atomic E-state index is 12.2. The van der Waals surface area contributed by atoms with Crippen LogP contribution in [0.4, 0.5) is 20.2 Å². The molecule has 0 unspecified atom stereocenters. The Kier molecular flexibility index (Phi) is 8.12. The van der Waals surface area contributed by atoms with Gasteiger partial charge >= 0.3 is 12.6 Å². The second-order valence-corrected chi connectivity index (χ2v) is 5.90. The number of nitrogens with one attached hydrogen (secondary N) is 2. The molecule has 13 heteroatoms. The minimum absolute atomic E-state index is 0.0154. The van der Waals surface area contributed by atoms with E-state index in [1.54, 1.807) is 6.07 Å². The Morgan fingerprint density at radius 1 is 1.19 bits per heavy atom. The van der Waals surface area contributed by atoms with E-state index in [2.05, 4.69) is 15.4 Å². The molecule has 0 radical (unpaired) electrons. The number of nitriles is 1. The van der Waals surface area contributed by atoms with E-state index in [0.717, 1.165) is 24.3 Å². The molecule has 0 spiro atoms. The molecule has 2 rings (SSSR count). The SMILES string of the molecule is N#Cc1cc([N+](=O)[O-])ccc1NC(=O)COC(=O)CNC(=O)c1cccc(OC(F)F)c1. The number of amides is 2. The summed E-state index contributed by atoms with van der Waals surface area (Å²) in [7, 11) is 0. The van der Waals surface area contributed by atoms with E-state index in [-0.39, 0.29) is 28.3 Å². The predicted molar refractivity (Wildman–Crippen MR) is 103 cm³/mol. The molecule has 166 valence electrons. The largest absolute Gasteiger partial charge is 0.454 e. The summed E-state index contributed by atoms with van der Waals surface area (Å²) in [4.78, 5) is 45.6. The summed E-state index contributed by atoms with van der Waals surface area (Å²) >= 11 is 0. The molecule has 0 aromatic heterocycles. The highest BCUT2D eigenvalue weighted by molar-refractivity contribution is 5.97. The van der Waals surface area contributed by atoms with Crippen molar-refractivity contribution >= 4 is 29.2 Å². The minimum atomic E-state index is -3.07. The molecule has 0 aliphatic rings. The van der Waals surface area contributed by atoms with Crippen LogP contribution in [0.25, 0.3) is 0 Å². The van der Waals surface area contributed by atoms with Gasteiger partial charge < -0.3 is 20.1 Å². The van der Waals surface area contributed by atoms with Crippen molar-refractivity contribution in [1.29, 1.82) is 5.26 Å². The summed E-state index contributed by atoms with van der Waals surface area (Å²) in [6, 6.07) is 9.80. The zero-order chi connectivity index (χ0) is 23.7. The van der Waals surface area contributed by atoms with Crippen molar-refractivity contribution in [2.45, 2.75) is 6.61 Å². The molecule has 0 atom stereocenters. The summed E-state index contributed by atoms with van der Waals surface area (Å²) in [6.45, 7) is -4.44. The fraction of sp³-hybridized carbons (Fsp3) is 0.158. The number of nitro benzene ring substituents is 1. The van der Waals surface area contributed by atoms with Gasteiger partial charge in [0.05, 0.1) is 16.2 Å². The van der Waals surface area contributed by atoms with Crippen LogP contribution in [-0.2, 0) is 14.3 Å². The highest BCUT2D eigenvalue weighted by Gasteiger charge is 2.15. The second-order valence-electron chi connectivity index (χ2n) is 5.90. The first-order valence-corrected chi connectivity index (χ1v) is 8.66. The van der Waals surface area contributed by atoms with Crippen molar-refractivity contribution in [2.24, 2.45) is 0 Å². The number of non-ortho nitro benzene ring substituents is 1. The number of alkyl halides is 2. The van der Waals surface area contributed by atoms with E-state index in [1.165, 1.54) is 18.2 Å². The number of nitrogens with zero attached hydrogens (tertiary/aromatic N) is 2. The number of halogens is 2. The smallest absolute Gasteiger partial charge is 0.387 e.